The van der Waals surface area contributed by atoms with E-state index in [1.165, 1.54) is 5.56 Å². The largest absolute Gasteiger partial charge is 0.494 e. The molecule has 1 fully saturated rings. The molecule has 1 N–H and O–H groups in total. The summed E-state index contributed by atoms with van der Waals surface area (Å²) < 4.78 is 5.80. The molecule has 23 heavy (non-hydrogen) atoms. The number of carbonyl (C=O) groups is 1. The SMILES string of the molecule is CC(C)(C)c1ccc(OCCCN2CCC(C(=O)O)CC2)cc1. The van der Waals surface area contributed by atoms with Crippen LogP contribution in [0.2, 0.25) is 0 Å². The van der Waals surface area contributed by atoms with Gasteiger partial charge in [-0.25, -0.2) is 0 Å². The van der Waals surface area contributed by atoms with Crippen molar-refractivity contribution in [2.45, 2.75) is 45.4 Å². The Morgan fingerprint density at radius 2 is 1.83 bits per heavy atom. The minimum Gasteiger partial charge on any atom is -0.494 e. The molecule has 4 heteroatoms. The third-order valence-electron chi connectivity index (χ3n) is 4.54. The second kappa shape index (κ2) is 7.82. The lowest BCUT2D eigenvalue weighted by Gasteiger charge is -2.29. The number of likely N-dealkylation sites (tertiary alicyclic amines) is 1. The first-order valence-corrected chi connectivity index (χ1v) is 8.55. The number of piperidine rings is 1. The molecule has 1 heterocycles. The summed E-state index contributed by atoms with van der Waals surface area (Å²) in [6.45, 7) is 10.1. The van der Waals surface area contributed by atoms with Crippen molar-refractivity contribution < 1.29 is 14.6 Å². The number of nitrogens with zero attached hydrogens (tertiary/aromatic N) is 1. The highest BCUT2D eigenvalue weighted by molar-refractivity contribution is 5.70. The first kappa shape index (κ1) is 17.8. The van der Waals surface area contributed by atoms with Gasteiger partial charge in [0.05, 0.1) is 12.5 Å². The third kappa shape index (κ3) is 5.54. The molecule has 0 unspecified atom stereocenters. The molecule has 0 atom stereocenters. The topological polar surface area (TPSA) is 49.8 Å². The Kier molecular flexibility index (Phi) is 6.05. The van der Waals surface area contributed by atoms with Gasteiger partial charge >= 0.3 is 5.97 Å². The fraction of sp³-hybridized carbons (Fsp3) is 0.632. The average Bonchev–Trinajstić information content (AvgIpc) is 2.51. The summed E-state index contributed by atoms with van der Waals surface area (Å²) in [6.07, 6.45) is 2.51. The lowest BCUT2D eigenvalue weighted by atomic mass is 9.87. The van der Waals surface area contributed by atoms with Crippen molar-refractivity contribution in [2.75, 3.05) is 26.2 Å². The number of rotatable bonds is 6. The quantitative estimate of drug-likeness (QED) is 0.815. The lowest BCUT2D eigenvalue weighted by Crippen LogP contribution is -2.37. The van der Waals surface area contributed by atoms with Crippen LogP contribution in [-0.2, 0) is 10.2 Å². The summed E-state index contributed by atoms with van der Waals surface area (Å²) in [5, 5.41) is 9.00. The number of aliphatic carboxylic acids is 1. The van der Waals surface area contributed by atoms with Gasteiger partial charge in [-0.3, -0.25) is 4.79 Å². The van der Waals surface area contributed by atoms with Crippen LogP contribution < -0.4 is 4.74 Å². The van der Waals surface area contributed by atoms with E-state index >= 15 is 0 Å². The van der Waals surface area contributed by atoms with E-state index in [4.69, 9.17) is 9.84 Å². The van der Waals surface area contributed by atoms with Crippen LogP contribution in [0.5, 0.6) is 5.75 Å². The molecule has 1 aliphatic rings. The monoisotopic (exact) mass is 319 g/mol. The number of hydrogen-bond donors (Lipinski definition) is 1. The van der Waals surface area contributed by atoms with Gasteiger partial charge in [-0.2, -0.15) is 0 Å². The molecule has 0 radical (unpaired) electrons. The molecule has 0 aromatic heterocycles. The zero-order chi connectivity index (χ0) is 16.9. The Morgan fingerprint density at radius 1 is 1.22 bits per heavy atom. The summed E-state index contributed by atoms with van der Waals surface area (Å²) in [7, 11) is 0. The molecule has 0 aliphatic carbocycles. The van der Waals surface area contributed by atoms with Gasteiger partial charge in [0, 0.05) is 6.54 Å². The predicted octanol–water partition coefficient (Wildman–Crippen LogP) is 3.55. The van der Waals surface area contributed by atoms with Crippen molar-refractivity contribution in [3.8, 4) is 5.75 Å². The first-order chi connectivity index (χ1) is 10.9. The van der Waals surface area contributed by atoms with Crippen molar-refractivity contribution in [1.82, 2.24) is 4.90 Å². The molecule has 2 rings (SSSR count). The van der Waals surface area contributed by atoms with Crippen LogP contribution in [0.1, 0.15) is 45.6 Å². The molecule has 128 valence electrons. The fourth-order valence-electron chi connectivity index (χ4n) is 2.93. The van der Waals surface area contributed by atoms with Gasteiger partial charge in [-0.05, 0) is 55.5 Å². The highest BCUT2D eigenvalue weighted by Crippen LogP contribution is 2.24. The van der Waals surface area contributed by atoms with Crippen molar-refractivity contribution in [3.05, 3.63) is 29.8 Å². The third-order valence-corrected chi connectivity index (χ3v) is 4.54. The number of carboxylic acids is 1. The van der Waals surface area contributed by atoms with E-state index in [2.05, 4.69) is 37.8 Å². The molecule has 0 amide bonds. The normalized spacial score (nSPS) is 17.2. The second-order valence-electron chi connectivity index (χ2n) is 7.43. The zero-order valence-electron chi connectivity index (χ0n) is 14.5. The van der Waals surface area contributed by atoms with E-state index < -0.39 is 5.97 Å². The lowest BCUT2D eigenvalue weighted by molar-refractivity contribution is -0.143. The Morgan fingerprint density at radius 3 is 2.35 bits per heavy atom. The molecule has 1 aromatic carbocycles. The Hall–Kier alpha value is -1.55. The summed E-state index contributed by atoms with van der Waals surface area (Å²) in [6, 6.07) is 8.34. The van der Waals surface area contributed by atoms with Gasteiger partial charge in [0.25, 0.3) is 0 Å². The van der Waals surface area contributed by atoms with Crippen LogP contribution in [0.25, 0.3) is 0 Å². The van der Waals surface area contributed by atoms with Gasteiger partial charge in [-0.15, -0.1) is 0 Å². The minimum atomic E-state index is -0.647. The van der Waals surface area contributed by atoms with Crippen LogP contribution in [0.3, 0.4) is 0 Å². The van der Waals surface area contributed by atoms with E-state index in [9.17, 15) is 4.79 Å². The summed E-state index contributed by atoms with van der Waals surface area (Å²) >= 11 is 0. The number of carboxylic acid groups (broad SMARTS) is 1. The molecular weight excluding hydrogens is 290 g/mol. The molecule has 4 nitrogen and oxygen atoms in total. The summed E-state index contributed by atoms with van der Waals surface area (Å²) in [4.78, 5) is 13.3. The van der Waals surface area contributed by atoms with E-state index in [1.807, 2.05) is 12.1 Å². The van der Waals surface area contributed by atoms with E-state index in [0.717, 1.165) is 44.6 Å². The minimum absolute atomic E-state index is 0.149. The molecule has 1 aromatic rings. The maximum atomic E-state index is 10.9. The highest BCUT2D eigenvalue weighted by Gasteiger charge is 2.23. The first-order valence-electron chi connectivity index (χ1n) is 8.55. The van der Waals surface area contributed by atoms with E-state index in [-0.39, 0.29) is 11.3 Å². The number of hydrogen-bond acceptors (Lipinski definition) is 3. The highest BCUT2D eigenvalue weighted by atomic mass is 16.5. The Labute approximate surface area is 139 Å². The van der Waals surface area contributed by atoms with Gasteiger partial charge in [0.2, 0.25) is 0 Å². The van der Waals surface area contributed by atoms with Crippen LogP contribution in [0.15, 0.2) is 24.3 Å². The van der Waals surface area contributed by atoms with Crippen LogP contribution >= 0.6 is 0 Å². The number of benzene rings is 1. The van der Waals surface area contributed by atoms with E-state index in [0.29, 0.717) is 6.61 Å². The Balaban J connectivity index is 1.65. The standard InChI is InChI=1S/C19H29NO3/c1-19(2,3)16-5-7-17(8-6-16)23-14-4-11-20-12-9-15(10-13-20)18(21)22/h5-8,15H,4,9-14H2,1-3H3,(H,21,22). The average molecular weight is 319 g/mol. The number of ether oxygens (including phenoxy) is 1. The van der Waals surface area contributed by atoms with Gasteiger partial charge in [-0.1, -0.05) is 32.9 Å². The fourth-order valence-corrected chi connectivity index (χ4v) is 2.93. The van der Waals surface area contributed by atoms with Crippen molar-refractivity contribution in [1.29, 1.82) is 0 Å². The van der Waals surface area contributed by atoms with Crippen molar-refractivity contribution in [2.24, 2.45) is 5.92 Å². The Bertz CT molecular complexity index is 496. The predicted molar refractivity (Wildman–Crippen MR) is 92.1 cm³/mol. The smallest absolute Gasteiger partial charge is 0.306 e. The molecular formula is C19H29NO3. The molecule has 0 spiro atoms. The van der Waals surface area contributed by atoms with Crippen LogP contribution in [-0.4, -0.2) is 42.2 Å². The van der Waals surface area contributed by atoms with Crippen molar-refractivity contribution >= 4 is 5.97 Å². The second-order valence-corrected chi connectivity index (χ2v) is 7.43. The maximum absolute atomic E-state index is 10.9. The van der Waals surface area contributed by atoms with E-state index in [1.54, 1.807) is 0 Å². The van der Waals surface area contributed by atoms with Crippen LogP contribution in [0.4, 0.5) is 0 Å². The zero-order valence-corrected chi connectivity index (χ0v) is 14.5. The molecule has 1 saturated heterocycles. The van der Waals surface area contributed by atoms with Crippen LogP contribution in [0, 0.1) is 5.92 Å². The molecule has 0 bridgehead atoms. The van der Waals surface area contributed by atoms with Gasteiger partial charge < -0.3 is 14.7 Å². The summed E-state index contributed by atoms with van der Waals surface area (Å²) in [5.41, 5.74) is 1.48. The van der Waals surface area contributed by atoms with Crippen molar-refractivity contribution in [3.63, 3.8) is 0 Å². The molecule has 1 aliphatic heterocycles. The molecule has 0 saturated carbocycles. The van der Waals surface area contributed by atoms with Gasteiger partial charge in [0.15, 0.2) is 0 Å². The maximum Gasteiger partial charge on any atom is 0.306 e. The van der Waals surface area contributed by atoms with Gasteiger partial charge in [0.1, 0.15) is 5.75 Å². The summed E-state index contributed by atoms with van der Waals surface area (Å²) in [5.74, 6) is 0.123.